The van der Waals surface area contributed by atoms with Crippen molar-refractivity contribution < 1.29 is 9.53 Å². The summed E-state index contributed by atoms with van der Waals surface area (Å²) in [5.74, 6) is 1.24. The lowest BCUT2D eigenvalue weighted by molar-refractivity contribution is 0.0168. The van der Waals surface area contributed by atoms with Crippen LogP contribution in [0.2, 0.25) is 0 Å². The summed E-state index contributed by atoms with van der Waals surface area (Å²) in [7, 11) is 1.81. The van der Waals surface area contributed by atoms with Gasteiger partial charge in [0.2, 0.25) is 0 Å². The summed E-state index contributed by atoms with van der Waals surface area (Å²) in [6.45, 7) is 8.93. The van der Waals surface area contributed by atoms with Gasteiger partial charge < -0.3 is 20.3 Å². The van der Waals surface area contributed by atoms with E-state index in [9.17, 15) is 4.79 Å². The fourth-order valence-corrected chi connectivity index (χ4v) is 3.95. The van der Waals surface area contributed by atoms with E-state index in [0.29, 0.717) is 5.92 Å². The zero-order valence-corrected chi connectivity index (χ0v) is 18.3. The molecule has 160 valence electrons. The number of aliphatic imine (C=N–C) groups is 1. The number of benzene rings is 1. The average molecular weight is 401 g/mol. The van der Waals surface area contributed by atoms with E-state index < -0.39 is 5.60 Å². The van der Waals surface area contributed by atoms with Crippen molar-refractivity contribution in [2.45, 2.75) is 57.5 Å². The first kappa shape index (κ1) is 21.5. The molecule has 1 heterocycles. The molecular formula is C23H36N4O2. The van der Waals surface area contributed by atoms with E-state index in [4.69, 9.17) is 4.74 Å². The van der Waals surface area contributed by atoms with Crippen molar-refractivity contribution in [3.05, 3.63) is 35.9 Å². The van der Waals surface area contributed by atoms with Crippen LogP contribution in [0.1, 0.15) is 52.0 Å². The van der Waals surface area contributed by atoms with Crippen molar-refractivity contribution in [3.63, 3.8) is 0 Å². The second kappa shape index (κ2) is 9.06. The first-order valence-corrected chi connectivity index (χ1v) is 10.8. The topological polar surface area (TPSA) is 66.0 Å². The molecule has 1 unspecified atom stereocenters. The summed E-state index contributed by atoms with van der Waals surface area (Å²) in [6, 6.07) is 10.7. The van der Waals surface area contributed by atoms with Gasteiger partial charge in [-0.1, -0.05) is 30.3 Å². The molecule has 1 aliphatic carbocycles. The van der Waals surface area contributed by atoms with Crippen molar-refractivity contribution in [2.75, 3.05) is 33.2 Å². The highest BCUT2D eigenvalue weighted by molar-refractivity contribution is 5.79. The van der Waals surface area contributed by atoms with Crippen molar-refractivity contribution in [1.29, 1.82) is 0 Å². The largest absolute Gasteiger partial charge is 0.444 e. The summed E-state index contributed by atoms with van der Waals surface area (Å²) in [5, 5.41) is 6.97. The van der Waals surface area contributed by atoms with Crippen LogP contribution in [0.3, 0.4) is 0 Å². The molecule has 0 radical (unpaired) electrons. The molecule has 1 saturated heterocycles. The van der Waals surface area contributed by atoms with E-state index in [1.54, 1.807) is 0 Å². The molecule has 0 aromatic heterocycles. The van der Waals surface area contributed by atoms with Crippen LogP contribution in [0, 0.1) is 5.92 Å². The van der Waals surface area contributed by atoms with E-state index in [1.165, 1.54) is 18.4 Å². The number of hydrogen-bond acceptors (Lipinski definition) is 3. The van der Waals surface area contributed by atoms with Crippen molar-refractivity contribution in [3.8, 4) is 0 Å². The van der Waals surface area contributed by atoms with Gasteiger partial charge in [-0.15, -0.1) is 0 Å². The Kier molecular flexibility index (Phi) is 6.70. The lowest BCUT2D eigenvalue weighted by atomic mass is 9.96. The van der Waals surface area contributed by atoms with Crippen LogP contribution < -0.4 is 10.6 Å². The molecule has 1 amide bonds. The quantitative estimate of drug-likeness (QED) is 0.586. The van der Waals surface area contributed by atoms with E-state index >= 15 is 0 Å². The number of carbonyl (C=O) groups is 1. The third-order valence-electron chi connectivity index (χ3n) is 5.79. The number of ether oxygens (including phenoxy) is 1. The van der Waals surface area contributed by atoms with Gasteiger partial charge in [-0.05, 0) is 57.9 Å². The Morgan fingerprint density at radius 1 is 1.24 bits per heavy atom. The molecule has 1 atom stereocenters. The van der Waals surface area contributed by atoms with Crippen molar-refractivity contribution in [2.24, 2.45) is 10.9 Å². The molecule has 0 spiro atoms. The summed E-state index contributed by atoms with van der Waals surface area (Å²) >= 11 is 0. The third-order valence-corrected chi connectivity index (χ3v) is 5.79. The number of carbonyl (C=O) groups excluding carboxylic acids is 1. The molecule has 0 bridgehead atoms. The standard InChI is InChI=1S/C23H36N4O2/c1-22(2,3)29-21(28)27-14-8-9-18(16-27)15-25-20(24-4)26-17-23(12-13-23)19-10-6-5-7-11-19/h5-7,10-11,18H,8-9,12-17H2,1-4H3,(H2,24,25,26). The van der Waals surface area contributed by atoms with Gasteiger partial charge in [0, 0.05) is 38.6 Å². The van der Waals surface area contributed by atoms with Gasteiger partial charge in [-0.3, -0.25) is 4.99 Å². The first-order chi connectivity index (χ1) is 13.8. The summed E-state index contributed by atoms with van der Waals surface area (Å²) in [4.78, 5) is 18.6. The summed E-state index contributed by atoms with van der Waals surface area (Å²) in [5.41, 5.74) is 1.20. The van der Waals surface area contributed by atoms with Gasteiger partial charge in [0.1, 0.15) is 5.60 Å². The zero-order chi connectivity index (χ0) is 20.9. The Bertz CT molecular complexity index is 707. The predicted molar refractivity (Wildman–Crippen MR) is 117 cm³/mol. The predicted octanol–water partition coefficient (Wildman–Crippen LogP) is 3.53. The van der Waals surface area contributed by atoms with E-state index in [0.717, 1.165) is 45.0 Å². The molecule has 29 heavy (non-hydrogen) atoms. The lowest BCUT2D eigenvalue weighted by Gasteiger charge is -2.34. The zero-order valence-electron chi connectivity index (χ0n) is 18.3. The summed E-state index contributed by atoms with van der Waals surface area (Å²) in [6.07, 6.45) is 4.35. The monoisotopic (exact) mass is 400 g/mol. The smallest absolute Gasteiger partial charge is 0.410 e. The Labute approximate surface area is 175 Å². The molecule has 1 aromatic rings. The van der Waals surface area contributed by atoms with Crippen LogP contribution >= 0.6 is 0 Å². The van der Waals surface area contributed by atoms with Crippen LogP contribution in [-0.4, -0.2) is 55.8 Å². The van der Waals surface area contributed by atoms with Gasteiger partial charge in [0.25, 0.3) is 0 Å². The molecule has 6 heteroatoms. The van der Waals surface area contributed by atoms with Crippen molar-refractivity contribution >= 4 is 12.1 Å². The lowest BCUT2D eigenvalue weighted by Crippen LogP contribution is -2.48. The molecule has 1 saturated carbocycles. The minimum Gasteiger partial charge on any atom is -0.444 e. The second-order valence-corrected chi connectivity index (χ2v) is 9.39. The van der Waals surface area contributed by atoms with E-state index in [1.807, 2.05) is 32.7 Å². The van der Waals surface area contributed by atoms with Gasteiger partial charge >= 0.3 is 6.09 Å². The van der Waals surface area contributed by atoms with Gasteiger partial charge in [-0.25, -0.2) is 4.79 Å². The number of amides is 1. The number of piperidine rings is 1. The van der Waals surface area contributed by atoms with Crippen molar-refractivity contribution in [1.82, 2.24) is 15.5 Å². The number of hydrogen-bond donors (Lipinski definition) is 2. The highest BCUT2D eigenvalue weighted by Crippen LogP contribution is 2.47. The maximum absolute atomic E-state index is 12.4. The van der Waals surface area contributed by atoms with Crippen LogP contribution in [0.25, 0.3) is 0 Å². The van der Waals surface area contributed by atoms with Gasteiger partial charge in [-0.2, -0.15) is 0 Å². The third kappa shape index (κ3) is 6.12. The summed E-state index contributed by atoms with van der Waals surface area (Å²) < 4.78 is 5.53. The number of nitrogens with zero attached hydrogens (tertiary/aromatic N) is 2. The maximum Gasteiger partial charge on any atom is 0.410 e. The average Bonchev–Trinajstić information content (AvgIpc) is 3.49. The van der Waals surface area contributed by atoms with Gasteiger partial charge in [0.15, 0.2) is 5.96 Å². The number of likely N-dealkylation sites (tertiary alicyclic amines) is 1. The van der Waals surface area contributed by atoms with Gasteiger partial charge in [0.05, 0.1) is 0 Å². The fourth-order valence-electron chi connectivity index (χ4n) is 3.95. The molecule has 2 N–H and O–H groups in total. The highest BCUT2D eigenvalue weighted by Gasteiger charge is 2.44. The Morgan fingerprint density at radius 3 is 2.59 bits per heavy atom. The molecule has 2 fully saturated rings. The second-order valence-electron chi connectivity index (χ2n) is 9.39. The Morgan fingerprint density at radius 2 is 1.97 bits per heavy atom. The maximum atomic E-state index is 12.4. The number of nitrogens with one attached hydrogen (secondary N) is 2. The molecule has 6 nitrogen and oxygen atoms in total. The molecular weight excluding hydrogens is 364 g/mol. The van der Waals surface area contributed by atoms with E-state index in [2.05, 4.69) is 46.0 Å². The Balaban J connectivity index is 1.45. The van der Waals surface area contributed by atoms with Crippen LogP contribution in [0.4, 0.5) is 4.79 Å². The van der Waals surface area contributed by atoms with E-state index in [-0.39, 0.29) is 11.5 Å². The number of rotatable bonds is 5. The molecule has 1 aromatic carbocycles. The normalized spacial score (nSPS) is 21.4. The van der Waals surface area contributed by atoms with Crippen LogP contribution in [0.5, 0.6) is 0 Å². The minimum absolute atomic E-state index is 0.205. The van der Waals surface area contributed by atoms with Crippen LogP contribution in [-0.2, 0) is 10.2 Å². The molecule has 1 aliphatic heterocycles. The molecule has 3 rings (SSSR count). The SMILES string of the molecule is CN=C(NCC1CCCN(C(=O)OC(C)(C)C)C1)NCC1(c2ccccc2)CC1. The van der Waals surface area contributed by atoms with Crippen LogP contribution in [0.15, 0.2) is 35.3 Å². The number of guanidine groups is 1. The minimum atomic E-state index is -0.453. The molecule has 2 aliphatic rings. The Hall–Kier alpha value is -2.24. The highest BCUT2D eigenvalue weighted by atomic mass is 16.6. The fraction of sp³-hybridized carbons (Fsp3) is 0.652. The first-order valence-electron chi connectivity index (χ1n) is 10.8.